The van der Waals surface area contributed by atoms with Crippen LogP contribution >= 0.6 is 11.3 Å². The number of hydrogen-bond donors (Lipinski definition) is 0. The van der Waals surface area contributed by atoms with Crippen LogP contribution in [0, 0.1) is 0 Å². The lowest BCUT2D eigenvalue weighted by molar-refractivity contribution is 0.356. The summed E-state index contributed by atoms with van der Waals surface area (Å²) in [5.74, 6) is 1.29. The average Bonchev–Trinajstić information content (AvgIpc) is 3.26. The van der Waals surface area contributed by atoms with Crippen LogP contribution in [-0.4, -0.2) is 33.4 Å². The molecule has 0 saturated carbocycles. The Morgan fingerprint density at radius 1 is 1.12 bits per heavy atom. The summed E-state index contributed by atoms with van der Waals surface area (Å²) < 4.78 is 13.7. The smallest absolute Gasteiger partial charge is 0.350 e. The summed E-state index contributed by atoms with van der Waals surface area (Å²) in [5, 5.41) is 7.06. The molecule has 0 N–H and O–H groups in total. The van der Waals surface area contributed by atoms with Crippen molar-refractivity contribution in [3.8, 4) is 22.1 Å². The van der Waals surface area contributed by atoms with Gasteiger partial charge in [-0.15, -0.1) is 16.4 Å². The number of para-hydroxylation sites is 1. The Labute approximate surface area is 153 Å². The van der Waals surface area contributed by atoms with Crippen LogP contribution in [0.2, 0.25) is 0 Å². The fraction of sp³-hybridized carbons (Fsp3) is 0.167. The highest BCUT2D eigenvalue weighted by molar-refractivity contribution is 7.13. The molecule has 8 heteroatoms. The molecule has 0 spiro atoms. The molecule has 0 saturated heterocycles. The number of rotatable bonds is 5. The van der Waals surface area contributed by atoms with Gasteiger partial charge in [0.05, 0.1) is 32.0 Å². The van der Waals surface area contributed by atoms with Gasteiger partial charge in [-0.05, 0) is 24.3 Å². The fourth-order valence-corrected chi connectivity index (χ4v) is 3.62. The third-order valence-corrected chi connectivity index (χ3v) is 4.91. The van der Waals surface area contributed by atoms with E-state index in [1.165, 1.54) is 20.4 Å². The van der Waals surface area contributed by atoms with Crippen LogP contribution in [-0.2, 0) is 6.54 Å². The Balaban J connectivity index is 1.69. The van der Waals surface area contributed by atoms with Crippen LogP contribution in [0.3, 0.4) is 0 Å². The predicted molar refractivity (Wildman–Crippen MR) is 99.2 cm³/mol. The molecule has 3 aromatic heterocycles. The summed E-state index contributed by atoms with van der Waals surface area (Å²) in [7, 11) is 3.21. The number of ether oxygens (including phenoxy) is 2. The molecule has 0 fully saturated rings. The number of nitrogens with zero attached hydrogens (tertiary/aromatic N) is 4. The van der Waals surface area contributed by atoms with E-state index >= 15 is 0 Å². The molecule has 7 nitrogen and oxygen atoms in total. The molecule has 3 heterocycles. The fourth-order valence-electron chi connectivity index (χ4n) is 2.78. The molecule has 0 amide bonds. The molecule has 0 radical (unpaired) electrons. The number of pyridine rings is 1. The maximum absolute atomic E-state index is 12.4. The lowest BCUT2D eigenvalue weighted by Crippen LogP contribution is -2.21. The second kappa shape index (κ2) is 6.64. The highest BCUT2D eigenvalue weighted by Gasteiger charge is 2.15. The maximum Gasteiger partial charge on any atom is 0.350 e. The third kappa shape index (κ3) is 2.74. The van der Waals surface area contributed by atoms with E-state index in [-0.39, 0.29) is 5.69 Å². The summed E-state index contributed by atoms with van der Waals surface area (Å²) in [6.45, 7) is 0.309. The summed E-state index contributed by atoms with van der Waals surface area (Å²) in [6, 6.07) is 11.1. The van der Waals surface area contributed by atoms with Gasteiger partial charge in [-0.1, -0.05) is 12.1 Å². The number of thiazole rings is 1. The Bertz CT molecular complexity index is 1130. The zero-order valence-electron chi connectivity index (χ0n) is 14.2. The van der Waals surface area contributed by atoms with E-state index in [1.807, 2.05) is 29.6 Å². The highest BCUT2D eigenvalue weighted by atomic mass is 32.1. The minimum atomic E-state index is -0.186. The summed E-state index contributed by atoms with van der Waals surface area (Å²) in [6.07, 6.45) is 1.70. The molecule has 0 aliphatic heterocycles. The van der Waals surface area contributed by atoms with Gasteiger partial charge in [0.15, 0.2) is 17.1 Å². The first-order valence-corrected chi connectivity index (χ1v) is 8.79. The predicted octanol–water partition coefficient (Wildman–Crippen LogP) is 2.69. The Kier molecular flexibility index (Phi) is 4.18. The van der Waals surface area contributed by atoms with Crippen molar-refractivity contribution < 1.29 is 9.47 Å². The maximum atomic E-state index is 12.4. The van der Waals surface area contributed by atoms with Crippen molar-refractivity contribution in [2.75, 3.05) is 14.2 Å². The highest BCUT2D eigenvalue weighted by Crippen LogP contribution is 2.38. The van der Waals surface area contributed by atoms with E-state index in [1.54, 1.807) is 32.5 Å². The molecule has 1 aromatic carbocycles. The van der Waals surface area contributed by atoms with Gasteiger partial charge in [0.2, 0.25) is 0 Å². The Morgan fingerprint density at radius 3 is 2.77 bits per heavy atom. The van der Waals surface area contributed by atoms with Crippen LogP contribution in [0.1, 0.15) is 5.69 Å². The van der Waals surface area contributed by atoms with Gasteiger partial charge in [0.1, 0.15) is 5.01 Å². The first-order valence-electron chi connectivity index (χ1n) is 7.91. The van der Waals surface area contributed by atoms with Gasteiger partial charge in [-0.3, -0.25) is 4.40 Å². The minimum absolute atomic E-state index is 0.186. The average molecular weight is 368 g/mol. The van der Waals surface area contributed by atoms with Gasteiger partial charge in [-0.25, -0.2) is 14.5 Å². The second-order valence-electron chi connectivity index (χ2n) is 5.55. The van der Waals surface area contributed by atoms with Crippen molar-refractivity contribution in [2.45, 2.75) is 6.54 Å². The van der Waals surface area contributed by atoms with Crippen LogP contribution < -0.4 is 15.2 Å². The van der Waals surface area contributed by atoms with Crippen LogP contribution in [0.4, 0.5) is 0 Å². The molecule has 4 rings (SSSR count). The molecule has 0 bridgehead atoms. The van der Waals surface area contributed by atoms with Crippen LogP contribution in [0.5, 0.6) is 11.5 Å². The van der Waals surface area contributed by atoms with Crippen molar-refractivity contribution in [1.29, 1.82) is 0 Å². The largest absolute Gasteiger partial charge is 0.493 e. The van der Waals surface area contributed by atoms with E-state index < -0.39 is 0 Å². The van der Waals surface area contributed by atoms with Crippen molar-refractivity contribution in [2.24, 2.45) is 0 Å². The summed E-state index contributed by atoms with van der Waals surface area (Å²) in [4.78, 5) is 17.0. The zero-order valence-corrected chi connectivity index (χ0v) is 15.1. The van der Waals surface area contributed by atoms with Crippen LogP contribution in [0.15, 0.2) is 52.8 Å². The molecule has 0 aliphatic carbocycles. The number of benzene rings is 1. The molecule has 26 heavy (non-hydrogen) atoms. The monoisotopic (exact) mass is 368 g/mol. The molecule has 132 valence electrons. The van der Waals surface area contributed by atoms with Crippen molar-refractivity contribution in [3.63, 3.8) is 0 Å². The quantitative estimate of drug-likeness (QED) is 0.542. The second-order valence-corrected chi connectivity index (χ2v) is 6.41. The van der Waals surface area contributed by atoms with Crippen molar-refractivity contribution >= 4 is 17.0 Å². The molecule has 0 unspecified atom stereocenters. The van der Waals surface area contributed by atoms with Crippen molar-refractivity contribution in [1.82, 2.24) is 19.2 Å². The van der Waals surface area contributed by atoms with E-state index in [0.29, 0.717) is 23.7 Å². The molecule has 0 aliphatic rings. The summed E-state index contributed by atoms with van der Waals surface area (Å²) in [5.41, 5.74) is 2.04. The SMILES string of the molecule is COc1cccc(-c2nc(Cn3nc4ccccn4c3=O)cs2)c1OC. The Hall–Kier alpha value is -3.13. The third-order valence-electron chi connectivity index (χ3n) is 3.99. The summed E-state index contributed by atoms with van der Waals surface area (Å²) >= 11 is 1.49. The first kappa shape index (κ1) is 16.3. The van der Waals surface area contributed by atoms with Gasteiger partial charge < -0.3 is 9.47 Å². The molecule has 0 atom stereocenters. The number of aromatic nitrogens is 4. The number of hydrogen-bond acceptors (Lipinski definition) is 6. The lowest BCUT2D eigenvalue weighted by atomic mass is 10.2. The number of methoxy groups -OCH3 is 2. The molecular formula is C18H16N4O3S. The normalized spacial score (nSPS) is 11.0. The van der Waals surface area contributed by atoms with Gasteiger partial charge in [0.25, 0.3) is 0 Å². The van der Waals surface area contributed by atoms with Crippen LogP contribution in [0.25, 0.3) is 16.2 Å². The molecular weight excluding hydrogens is 352 g/mol. The first-order chi connectivity index (χ1) is 12.7. The minimum Gasteiger partial charge on any atom is -0.493 e. The van der Waals surface area contributed by atoms with Gasteiger partial charge >= 0.3 is 5.69 Å². The zero-order chi connectivity index (χ0) is 18.1. The van der Waals surface area contributed by atoms with Gasteiger partial charge in [-0.2, -0.15) is 0 Å². The van der Waals surface area contributed by atoms with E-state index in [0.717, 1.165) is 16.3 Å². The van der Waals surface area contributed by atoms with Crippen molar-refractivity contribution in [3.05, 3.63) is 64.2 Å². The van der Waals surface area contributed by atoms with E-state index in [9.17, 15) is 4.79 Å². The Morgan fingerprint density at radius 2 is 2.00 bits per heavy atom. The van der Waals surface area contributed by atoms with Gasteiger partial charge in [0, 0.05) is 11.6 Å². The van der Waals surface area contributed by atoms with E-state index in [4.69, 9.17) is 9.47 Å². The standard InChI is InChI=1S/C18H16N4O3S/c1-24-14-7-5-6-13(16(14)25-2)17-19-12(11-26-17)10-22-18(23)21-9-4-3-8-15(21)20-22/h3-9,11H,10H2,1-2H3. The number of fused-ring (bicyclic) bond motifs is 1. The van der Waals surface area contributed by atoms with E-state index in [2.05, 4.69) is 10.1 Å². The lowest BCUT2D eigenvalue weighted by Gasteiger charge is -2.10. The topological polar surface area (TPSA) is 70.6 Å². The molecule has 4 aromatic rings.